The van der Waals surface area contributed by atoms with E-state index in [1.165, 1.54) is 0 Å². The molecular formula is C13H14N4O2S. The molecule has 0 saturated carbocycles. The summed E-state index contributed by atoms with van der Waals surface area (Å²) in [6.07, 6.45) is 4.36. The number of Topliss-reactive ketones (excluding diaryl/α,β-unsaturated/α-hetero) is 1. The number of urea groups is 1. The number of ketones is 1. The first-order valence-electron chi connectivity index (χ1n) is 6.28. The van der Waals surface area contributed by atoms with Crippen molar-refractivity contribution in [2.24, 2.45) is 0 Å². The Bertz CT molecular complexity index is 682. The van der Waals surface area contributed by atoms with Crippen molar-refractivity contribution in [2.45, 2.75) is 12.5 Å². The molecule has 7 heteroatoms. The Hall–Kier alpha value is -2.02. The third-order valence-electron chi connectivity index (χ3n) is 3.23. The highest BCUT2D eigenvalue weighted by molar-refractivity contribution is 7.98. The molecule has 0 saturated heterocycles. The maximum absolute atomic E-state index is 12.6. The van der Waals surface area contributed by atoms with E-state index in [9.17, 15) is 9.59 Å². The van der Waals surface area contributed by atoms with Gasteiger partial charge in [0.25, 0.3) is 0 Å². The zero-order chi connectivity index (χ0) is 14.1. The van der Waals surface area contributed by atoms with E-state index in [2.05, 4.69) is 15.6 Å². The second-order valence-corrected chi connectivity index (χ2v) is 5.52. The molecule has 0 aromatic carbocycles. The molecular weight excluding hydrogens is 276 g/mol. The van der Waals surface area contributed by atoms with E-state index in [1.54, 1.807) is 28.4 Å². The van der Waals surface area contributed by atoms with Gasteiger partial charge >= 0.3 is 6.03 Å². The van der Waals surface area contributed by atoms with Crippen molar-refractivity contribution in [2.75, 3.05) is 17.3 Å². The third kappa shape index (κ3) is 2.14. The highest BCUT2D eigenvalue weighted by Gasteiger charge is 2.31. The van der Waals surface area contributed by atoms with Crippen molar-refractivity contribution >= 4 is 35.0 Å². The Kier molecular flexibility index (Phi) is 3.35. The SMILES string of the molecule is CSCC[C@@H]1NC(=O)Nc2nc3ccccn3c2C1=O. The van der Waals surface area contributed by atoms with Gasteiger partial charge < -0.3 is 5.32 Å². The monoisotopic (exact) mass is 290 g/mol. The summed E-state index contributed by atoms with van der Waals surface area (Å²) in [5, 5.41) is 5.33. The van der Waals surface area contributed by atoms with E-state index in [4.69, 9.17) is 0 Å². The molecule has 2 amide bonds. The fourth-order valence-electron chi connectivity index (χ4n) is 2.29. The Balaban J connectivity index is 2.08. The van der Waals surface area contributed by atoms with Gasteiger partial charge in [0.2, 0.25) is 5.78 Å². The molecule has 0 bridgehead atoms. The first kappa shape index (κ1) is 13.0. The first-order valence-corrected chi connectivity index (χ1v) is 7.68. The number of carbonyl (C=O) groups excluding carboxylic acids is 2. The smallest absolute Gasteiger partial charge is 0.321 e. The van der Waals surface area contributed by atoms with Gasteiger partial charge in [-0.05, 0) is 30.6 Å². The van der Waals surface area contributed by atoms with E-state index in [0.717, 1.165) is 5.75 Å². The number of imidazole rings is 1. The second-order valence-electron chi connectivity index (χ2n) is 4.53. The summed E-state index contributed by atoms with van der Waals surface area (Å²) in [6.45, 7) is 0. The number of hydrogen-bond donors (Lipinski definition) is 2. The maximum atomic E-state index is 12.6. The molecule has 0 aliphatic carbocycles. The van der Waals surface area contributed by atoms with E-state index in [-0.39, 0.29) is 11.8 Å². The largest absolute Gasteiger partial charge is 0.328 e. The van der Waals surface area contributed by atoms with Gasteiger partial charge in [-0.25, -0.2) is 9.78 Å². The topological polar surface area (TPSA) is 75.5 Å². The van der Waals surface area contributed by atoms with Crippen LogP contribution >= 0.6 is 11.8 Å². The molecule has 0 radical (unpaired) electrons. The number of anilines is 1. The van der Waals surface area contributed by atoms with Crippen LogP contribution in [0.25, 0.3) is 5.65 Å². The van der Waals surface area contributed by atoms with Gasteiger partial charge in [-0.15, -0.1) is 0 Å². The van der Waals surface area contributed by atoms with Gasteiger partial charge in [-0.3, -0.25) is 14.5 Å². The lowest BCUT2D eigenvalue weighted by molar-refractivity contribution is 0.0943. The molecule has 20 heavy (non-hydrogen) atoms. The summed E-state index contributed by atoms with van der Waals surface area (Å²) in [6, 6.07) is 4.59. The molecule has 3 rings (SSSR count). The summed E-state index contributed by atoms with van der Waals surface area (Å²) >= 11 is 1.65. The predicted octanol–water partition coefficient (Wildman–Crippen LogP) is 1.77. The number of rotatable bonds is 3. The van der Waals surface area contributed by atoms with Gasteiger partial charge in [0.15, 0.2) is 5.82 Å². The van der Waals surface area contributed by atoms with Crippen LogP contribution in [-0.4, -0.2) is 39.2 Å². The second kappa shape index (κ2) is 5.16. The molecule has 2 N–H and O–H groups in total. The number of nitrogens with one attached hydrogen (secondary N) is 2. The molecule has 1 atom stereocenters. The van der Waals surface area contributed by atoms with Crippen molar-refractivity contribution in [1.29, 1.82) is 0 Å². The molecule has 3 heterocycles. The number of pyridine rings is 1. The Morgan fingerprint density at radius 1 is 1.40 bits per heavy atom. The van der Waals surface area contributed by atoms with Crippen LogP contribution in [0.1, 0.15) is 16.9 Å². The van der Waals surface area contributed by atoms with Crippen LogP contribution in [0.2, 0.25) is 0 Å². The van der Waals surface area contributed by atoms with Crippen LogP contribution in [0, 0.1) is 0 Å². The summed E-state index contributed by atoms with van der Waals surface area (Å²) in [4.78, 5) is 28.7. The average Bonchev–Trinajstić information content (AvgIpc) is 2.74. The van der Waals surface area contributed by atoms with Crippen molar-refractivity contribution in [3.63, 3.8) is 0 Å². The van der Waals surface area contributed by atoms with Crippen LogP contribution in [0.5, 0.6) is 0 Å². The van der Waals surface area contributed by atoms with Gasteiger partial charge in [0, 0.05) is 6.20 Å². The molecule has 0 unspecified atom stereocenters. The van der Waals surface area contributed by atoms with E-state index in [0.29, 0.717) is 23.6 Å². The van der Waals surface area contributed by atoms with Crippen molar-refractivity contribution in [1.82, 2.24) is 14.7 Å². The fourth-order valence-corrected chi connectivity index (χ4v) is 2.76. The quantitative estimate of drug-likeness (QED) is 0.903. The number of hydrogen-bond acceptors (Lipinski definition) is 4. The molecule has 0 fully saturated rings. The Morgan fingerprint density at radius 3 is 3.05 bits per heavy atom. The lowest BCUT2D eigenvalue weighted by atomic mass is 10.1. The normalized spacial score (nSPS) is 18.4. The molecule has 1 aliphatic rings. The van der Waals surface area contributed by atoms with Crippen LogP contribution in [-0.2, 0) is 0 Å². The van der Waals surface area contributed by atoms with E-state index >= 15 is 0 Å². The van der Waals surface area contributed by atoms with Gasteiger partial charge in [0.05, 0.1) is 6.04 Å². The fraction of sp³-hybridized carbons (Fsp3) is 0.308. The number of amides is 2. The van der Waals surface area contributed by atoms with Crippen molar-refractivity contribution in [3.8, 4) is 0 Å². The van der Waals surface area contributed by atoms with Gasteiger partial charge in [0.1, 0.15) is 11.3 Å². The van der Waals surface area contributed by atoms with E-state index < -0.39 is 6.04 Å². The molecule has 0 spiro atoms. The molecule has 1 aliphatic heterocycles. The molecule has 2 aromatic rings. The van der Waals surface area contributed by atoms with Crippen LogP contribution in [0.15, 0.2) is 24.4 Å². The lowest BCUT2D eigenvalue weighted by Gasteiger charge is -2.13. The minimum absolute atomic E-state index is 0.105. The highest BCUT2D eigenvalue weighted by Crippen LogP contribution is 2.22. The zero-order valence-corrected chi connectivity index (χ0v) is 11.7. The van der Waals surface area contributed by atoms with Crippen LogP contribution in [0.4, 0.5) is 10.6 Å². The number of aromatic nitrogens is 2. The third-order valence-corrected chi connectivity index (χ3v) is 3.87. The Labute approximate surface area is 119 Å². The number of nitrogens with zero attached hydrogens (tertiary/aromatic N) is 2. The zero-order valence-electron chi connectivity index (χ0n) is 10.9. The summed E-state index contributed by atoms with van der Waals surface area (Å²) in [5.74, 6) is 1.03. The number of fused-ring (bicyclic) bond motifs is 3. The van der Waals surface area contributed by atoms with Gasteiger partial charge in [-0.1, -0.05) is 6.07 Å². The predicted molar refractivity (Wildman–Crippen MR) is 78.5 cm³/mol. The molecule has 2 aromatic heterocycles. The van der Waals surface area contributed by atoms with Crippen LogP contribution in [0.3, 0.4) is 0 Å². The molecule has 6 nitrogen and oxygen atoms in total. The summed E-state index contributed by atoms with van der Waals surface area (Å²) < 4.78 is 1.72. The maximum Gasteiger partial charge on any atom is 0.321 e. The highest BCUT2D eigenvalue weighted by atomic mass is 32.2. The van der Waals surface area contributed by atoms with E-state index in [1.807, 2.05) is 18.4 Å². The first-order chi connectivity index (χ1) is 9.70. The standard InChI is InChI=1S/C13H14N4O2S/c1-20-7-5-8-11(18)10-12(16-13(19)14-8)15-9-4-2-3-6-17(9)10/h2-4,6,8H,5,7H2,1H3,(H2,14,16,19)/t8-/m0/s1. The lowest BCUT2D eigenvalue weighted by Crippen LogP contribution is -2.41. The van der Waals surface area contributed by atoms with Gasteiger partial charge in [-0.2, -0.15) is 11.8 Å². The minimum Gasteiger partial charge on any atom is -0.328 e. The number of thioether (sulfide) groups is 1. The summed E-state index contributed by atoms with van der Waals surface area (Å²) in [7, 11) is 0. The van der Waals surface area contributed by atoms with Crippen molar-refractivity contribution in [3.05, 3.63) is 30.1 Å². The van der Waals surface area contributed by atoms with Crippen LogP contribution < -0.4 is 10.6 Å². The minimum atomic E-state index is -0.510. The molecule has 104 valence electrons. The Morgan fingerprint density at radius 2 is 2.25 bits per heavy atom. The van der Waals surface area contributed by atoms with Crippen molar-refractivity contribution < 1.29 is 9.59 Å². The summed E-state index contributed by atoms with van der Waals surface area (Å²) in [5.41, 5.74) is 1.08. The average molecular weight is 290 g/mol. The number of carbonyl (C=O) groups is 2.